The summed E-state index contributed by atoms with van der Waals surface area (Å²) in [4.78, 5) is 26.6. The molecule has 0 saturated heterocycles. The minimum atomic E-state index is -0.289. The highest BCUT2D eigenvalue weighted by atomic mass is 32.1. The summed E-state index contributed by atoms with van der Waals surface area (Å²) in [5, 5.41) is 15.2. The van der Waals surface area contributed by atoms with Gasteiger partial charge in [-0.05, 0) is 73.7 Å². The first kappa shape index (κ1) is 26.6. The minimum Gasteiger partial charge on any atom is -0.331 e. The van der Waals surface area contributed by atoms with E-state index in [0.717, 1.165) is 11.4 Å². The average molecular weight is 544 g/mol. The van der Waals surface area contributed by atoms with Crippen LogP contribution >= 0.6 is 24.4 Å². The van der Waals surface area contributed by atoms with E-state index in [2.05, 4.69) is 31.7 Å². The number of rotatable bonds is 9. The number of hydrazone groups is 2. The van der Waals surface area contributed by atoms with E-state index in [1.165, 1.54) is 11.1 Å². The smallest absolute Gasteiger partial charge is 0.261 e. The zero-order valence-corrected chi connectivity index (χ0v) is 21.9. The second kappa shape index (κ2) is 13.2. The number of carbonyl (C=O) groups is 2. The molecule has 0 radical (unpaired) electrons. The molecule has 0 unspecified atom stereocenters. The van der Waals surface area contributed by atoms with Crippen LogP contribution in [0.15, 0.2) is 95.1 Å². The summed E-state index contributed by atoms with van der Waals surface area (Å²) >= 11 is 10.6. The van der Waals surface area contributed by atoms with E-state index in [1.54, 1.807) is 24.3 Å². The van der Waals surface area contributed by atoms with Crippen molar-refractivity contribution < 1.29 is 9.59 Å². The van der Waals surface area contributed by atoms with Gasteiger partial charge in [0.15, 0.2) is 10.2 Å². The van der Waals surface area contributed by atoms with Crippen molar-refractivity contribution in [1.29, 1.82) is 0 Å². The number of carbonyl (C=O) groups excluding carboxylic acids is 2. The SMILES string of the molecule is O=C1c2ccccc2C(=O)N1CCCC(/C=N/NC(=S)Nc1ccccc1)=N\NC(=S)Nc1ccccc1. The van der Waals surface area contributed by atoms with Gasteiger partial charge in [-0.2, -0.15) is 10.2 Å². The van der Waals surface area contributed by atoms with Crippen LogP contribution in [0.1, 0.15) is 33.6 Å². The Morgan fingerprint density at radius 1 is 0.737 bits per heavy atom. The molecule has 3 aromatic carbocycles. The van der Waals surface area contributed by atoms with Gasteiger partial charge in [-0.15, -0.1) is 0 Å². The fourth-order valence-corrected chi connectivity index (χ4v) is 3.99. The van der Waals surface area contributed by atoms with E-state index >= 15 is 0 Å². The molecule has 4 rings (SSSR count). The molecule has 0 saturated carbocycles. The van der Waals surface area contributed by atoms with Crippen LogP contribution in [0.2, 0.25) is 0 Å². The van der Waals surface area contributed by atoms with E-state index in [-0.39, 0.29) is 18.4 Å². The summed E-state index contributed by atoms with van der Waals surface area (Å²) in [6.07, 6.45) is 2.40. The van der Waals surface area contributed by atoms with E-state index in [0.29, 0.717) is 39.9 Å². The molecule has 3 aromatic rings. The molecule has 0 fully saturated rings. The standard InChI is InChI=1S/C27H25N7O2S2/c35-24-22-15-7-8-16-23(22)25(36)34(24)17-9-14-21(31-33-27(38)30-20-12-5-2-6-13-20)18-28-32-26(37)29-19-10-3-1-4-11-19/h1-8,10-13,15-16,18H,9,14,17H2,(H2,29,32,37)(H2,30,33,38)/b28-18+,31-21+. The van der Waals surface area contributed by atoms with Crippen LogP contribution in [0.4, 0.5) is 11.4 Å². The van der Waals surface area contributed by atoms with Crippen LogP contribution in [0.5, 0.6) is 0 Å². The highest BCUT2D eigenvalue weighted by Crippen LogP contribution is 2.22. The lowest BCUT2D eigenvalue weighted by molar-refractivity contribution is 0.0653. The van der Waals surface area contributed by atoms with Gasteiger partial charge in [0.2, 0.25) is 0 Å². The summed E-state index contributed by atoms with van der Waals surface area (Å²) < 4.78 is 0. The molecule has 9 nitrogen and oxygen atoms in total. The van der Waals surface area contributed by atoms with Crippen molar-refractivity contribution in [2.45, 2.75) is 12.8 Å². The monoisotopic (exact) mass is 543 g/mol. The molecule has 38 heavy (non-hydrogen) atoms. The Bertz CT molecular complexity index is 1340. The maximum Gasteiger partial charge on any atom is 0.261 e. The van der Waals surface area contributed by atoms with Crippen molar-refractivity contribution in [1.82, 2.24) is 15.8 Å². The minimum absolute atomic E-state index is 0.243. The molecule has 1 aliphatic rings. The lowest BCUT2D eigenvalue weighted by atomic mass is 10.1. The normalized spacial score (nSPS) is 12.8. The van der Waals surface area contributed by atoms with Crippen LogP contribution in [0, 0.1) is 0 Å². The number of anilines is 2. The molecular weight excluding hydrogens is 518 g/mol. The summed E-state index contributed by atoms with van der Waals surface area (Å²) in [6, 6.07) is 25.7. The Kier molecular flexibility index (Phi) is 9.22. The van der Waals surface area contributed by atoms with Crippen LogP contribution < -0.4 is 21.5 Å². The van der Waals surface area contributed by atoms with Crippen LogP contribution in [0.3, 0.4) is 0 Å². The first-order valence-corrected chi connectivity index (χ1v) is 12.6. The van der Waals surface area contributed by atoms with Gasteiger partial charge in [0, 0.05) is 17.9 Å². The van der Waals surface area contributed by atoms with Gasteiger partial charge in [-0.25, -0.2) is 0 Å². The quantitative estimate of drug-likeness (QED) is 0.136. The van der Waals surface area contributed by atoms with Gasteiger partial charge in [0.1, 0.15) is 0 Å². The van der Waals surface area contributed by atoms with Gasteiger partial charge in [-0.3, -0.25) is 25.3 Å². The van der Waals surface area contributed by atoms with Crippen molar-refractivity contribution in [2.24, 2.45) is 10.2 Å². The summed E-state index contributed by atoms with van der Waals surface area (Å²) in [6.45, 7) is 0.243. The van der Waals surface area contributed by atoms with Crippen LogP contribution in [0.25, 0.3) is 0 Å². The highest BCUT2D eigenvalue weighted by Gasteiger charge is 2.34. The Morgan fingerprint density at radius 3 is 1.79 bits per heavy atom. The van der Waals surface area contributed by atoms with Crippen LogP contribution in [-0.2, 0) is 0 Å². The first-order valence-electron chi connectivity index (χ1n) is 11.8. The number of benzene rings is 3. The molecule has 11 heteroatoms. The van der Waals surface area contributed by atoms with E-state index < -0.39 is 0 Å². The number of imide groups is 1. The maximum atomic E-state index is 12.6. The van der Waals surface area contributed by atoms with Crippen molar-refractivity contribution >= 4 is 69.8 Å². The molecular formula is C27H25N7O2S2. The van der Waals surface area contributed by atoms with Crippen molar-refractivity contribution in [3.63, 3.8) is 0 Å². The molecule has 192 valence electrons. The summed E-state index contributed by atoms with van der Waals surface area (Å²) in [5.74, 6) is -0.578. The zero-order chi connectivity index (χ0) is 26.7. The number of thiocarbonyl (C=S) groups is 2. The predicted molar refractivity (Wildman–Crippen MR) is 159 cm³/mol. The highest BCUT2D eigenvalue weighted by molar-refractivity contribution is 7.80. The topological polar surface area (TPSA) is 110 Å². The Hall–Kier alpha value is -4.48. The number of fused-ring (bicyclic) bond motifs is 1. The first-order chi connectivity index (χ1) is 18.5. The molecule has 4 N–H and O–H groups in total. The number of para-hydroxylation sites is 2. The molecule has 0 aliphatic carbocycles. The van der Waals surface area contributed by atoms with Gasteiger partial charge in [0.05, 0.1) is 23.1 Å². The third kappa shape index (κ3) is 7.28. The lowest BCUT2D eigenvalue weighted by Gasteiger charge is -2.13. The Labute approximate surface area is 231 Å². The van der Waals surface area contributed by atoms with E-state index in [4.69, 9.17) is 24.4 Å². The molecule has 0 aromatic heterocycles. The molecule has 1 heterocycles. The zero-order valence-electron chi connectivity index (χ0n) is 20.3. The third-order valence-corrected chi connectivity index (χ3v) is 5.82. The number of nitrogens with zero attached hydrogens (tertiary/aromatic N) is 3. The molecule has 0 spiro atoms. The second-order valence-electron chi connectivity index (χ2n) is 8.14. The van der Waals surface area contributed by atoms with Gasteiger partial charge < -0.3 is 10.6 Å². The van der Waals surface area contributed by atoms with Crippen molar-refractivity contribution in [3.8, 4) is 0 Å². The maximum absolute atomic E-state index is 12.6. The fourth-order valence-electron chi connectivity index (χ4n) is 3.66. The van der Waals surface area contributed by atoms with Crippen molar-refractivity contribution in [3.05, 3.63) is 96.1 Å². The summed E-state index contributed by atoms with van der Waals surface area (Å²) in [5.41, 5.74) is 8.61. The number of hydrogen-bond donors (Lipinski definition) is 4. The molecule has 0 atom stereocenters. The number of amides is 2. The second-order valence-corrected chi connectivity index (χ2v) is 8.95. The Morgan fingerprint density at radius 2 is 1.24 bits per heavy atom. The molecule has 1 aliphatic heterocycles. The fraction of sp³-hybridized carbons (Fsp3) is 0.111. The van der Waals surface area contributed by atoms with E-state index in [9.17, 15) is 9.59 Å². The van der Waals surface area contributed by atoms with Gasteiger partial charge in [-0.1, -0.05) is 48.5 Å². The van der Waals surface area contributed by atoms with Gasteiger partial charge in [0.25, 0.3) is 11.8 Å². The van der Waals surface area contributed by atoms with E-state index in [1.807, 2.05) is 60.7 Å². The van der Waals surface area contributed by atoms with Crippen molar-refractivity contribution in [2.75, 3.05) is 17.2 Å². The molecule has 2 amide bonds. The molecule has 0 bridgehead atoms. The largest absolute Gasteiger partial charge is 0.331 e. The summed E-state index contributed by atoms with van der Waals surface area (Å²) in [7, 11) is 0. The Balaban J connectivity index is 1.36. The third-order valence-electron chi connectivity index (χ3n) is 5.44. The number of nitrogens with one attached hydrogen (secondary N) is 4. The number of hydrogen-bond acceptors (Lipinski definition) is 6. The lowest BCUT2D eigenvalue weighted by Crippen LogP contribution is -2.31. The average Bonchev–Trinajstić information content (AvgIpc) is 3.17. The van der Waals surface area contributed by atoms with Crippen LogP contribution in [-0.4, -0.2) is 45.4 Å². The van der Waals surface area contributed by atoms with Gasteiger partial charge >= 0.3 is 0 Å². The predicted octanol–water partition coefficient (Wildman–Crippen LogP) is 4.38.